The topological polar surface area (TPSA) is 45.5 Å². The Morgan fingerprint density at radius 3 is 2.52 bits per heavy atom. The summed E-state index contributed by atoms with van der Waals surface area (Å²) in [6, 6.07) is 11.4. The monoisotopic (exact) mass is 334 g/mol. The number of rotatable bonds is 7. The number of carbonyl (C=O) groups excluding carboxylic acids is 1. The lowest BCUT2D eigenvalue weighted by Gasteiger charge is -2.23. The number of hydrogen-bond donors (Lipinski definition) is 1. The molecule has 2 unspecified atom stereocenters. The van der Waals surface area contributed by atoms with Crippen LogP contribution in [0.25, 0.3) is 0 Å². The van der Waals surface area contributed by atoms with Gasteiger partial charge in [-0.05, 0) is 50.3 Å². The number of likely N-dealkylation sites (N-methyl/N-ethyl adjacent to an activating group) is 1. The van der Waals surface area contributed by atoms with Crippen molar-refractivity contribution in [3.8, 4) is 0 Å². The van der Waals surface area contributed by atoms with Gasteiger partial charge < -0.3 is 9.73 Å². The minimum absolute atomic E-state index is 0.0247. The molecule has 2 aromatic rings. The standard InChI is InChI=1S/C18H23ClN2O2/c1-13(11-14-6-8-15(19)9-7-14)18(22)20-12-16(21(2)3)17-5-4-10-23-17/h4-10,13,16H,11-12H2,1-3H3,(H,20,22). The van der Waals surface area contributed by atoms with Crippen LogP contribution in [-0.2, 0) is 11.2 Å². The molecule has 0 spiro atoms. The van der Waals surface area contributed by atoms with Gasteiger partial charge in [0.2, 0.25) is 5.91 Å². The summed E-state index contributed by atoms with van der Waals surface area (Å²) < 4.78 is 5.45. The van der Waals surface area contributed by atoms with Crippen LogP contribution in [0.1, 0.15) is 24.3 Å². The normalized spacial score (nSPS) is 13.8. The number of hydrogen-bond acceptors (Lipinski definition) is 3. The molecule has 1 heterocycles. The lowest BCUT2D eigenvalue weighted by atomic mass is 10.0. The van der Waals surface area contributed by atoms with E-state index in [2.05, 4.69) is 5.32 Å². The van der Waals surface area contributed by atoms with E-state index in [4.69, 9.17) is 16.0 Å². The first-order valence-corrected chi connectivity index (χ1v) is 8.07. The Kier molecular flexibility index (Phi) is 6.25. The number of nitrogens with one attached hydrogen (secondary N) is 1. The van der Waals surface area contributed by atoms with Crippen LogP contribution in [0.5, 0.6) is 0 Å². The molecule has 1 amide bonds. The first-order valence-electron chi connectivity index (χ1n) is 7.69. The van der Waals surface area contributed by atoms with Gasteiger partial charge in [-0.15, -0.1) is 0 Å². The van der Waals surface area contributed by atoms with Gasteiger partial charge in [-0.2, -0.15) is 0 Å². The lowest BCUT2D eigenvalue weighted by Crippen LogP contribution is -2.37. The van der Waals surface area contributed by atoms with Gasteiger partial charge in [-0.3, -0.25) is 9.69 Å². The van der Waals surface area contributed by atoms with Gasteiger partial charge >= 0.3 is 0 Å². The van der Waals surface area contributed by atoms with E-state index in [9.17, 15) is 4.79 Å². The van der Waals surface area contributed by atoms with Crippen LogP contribution in [0.15, 0.2) is 47.1 Å². The van der Waals surface area contributed by atoms with Gasteiger partial charge in [-0.1, -0.05) is 30.7 Å². The van der Waals surface area contributed by atoms with Crippen LogP contribution in [0, 0.1) is 5.92 Å². The van der Waals surface area contributed by atoms with Crippen molar-refractivity contribution in [2.45, 2.75) is 19.4 Å². The molecular formula is C18H23ClN2O2. The highest BCUT2D eigenvalue weighted by Gasteiger charge is 2.20. The summed E-state index contributed by atoms with van der Waals surface area (Å²) in [6.45, 7) is 2.45. The number of carbonyl (C=O) groups is 1. The average Bonchev–Trinajstić information content (AvgIpc) is 3.03. The quantitative estimate of drug-likeness (QED) is 0.842. The minimum atomic E-state index is -0.101. The first-order chi connectivity index (χ1) is 11.0. The second kappa shape index (κ2) is 8.18. The summed E-state index contributed by atoms with van der Waals surface area (Å²) in [5, 5.41) is 3.72. The van der Waals surface area contributed by atoms with Crippen LogP contribution < -0.4 is 5.32 Å². The maximum Gasteiger partial charge on any atom is 0.223 e. The van der Waals surface area contributed by atoms with E-state index in [1.807, 2.05) is 62.3 Å². The summed E-state index contributed by atoms with van der Waals surface area (Å²) in [5.74, 6) is 0.787. The lowest BCUT2D eigenvalue weighted by molar-refractivity contribution is -0.124. The zero-order valence-corrected chi connectivity index (χ0v) is 14.5. The second-order valence-electron chi connectivity index (χ2n) is 5.97. The average molecular weight is 335 g/mol. The maximum atomic E-state index is 12.3. The summed E-state index contributed by atoms with van der Waals surface area (Å²) in [5.41, 5.74) is 1.10. The van der Waals surface area contributed by atoms with Crippen LogP contribution >= 0.6 is 11.6 Å². The van der Waals surface area contributed by atoms with Crippen molar-refractivity contribution in [3.05, 3.63) is 59.0 Å². The summed E-state index contributed by atoms with van der Waals surface area (Å²) >= 11 is 5.88. The van der Waals surface area contributed by atoms with E-state index in [0.29, 0.717) is 18.0 Å². The van der Waals surface area contributed by atoms with Crippen LogP contribution in [-0.4, -0.2) is 31.4 Å². The fraction of sp³-hybridized carbons (Fsp3) is 0.389. The van der Waals surface area contributed by atoms with Gasteiger partial charge in [-0.25, -0.2) is 0 Å². The van der Waals surface area contributed by atoms with Crippen molar-refractivity contribution in [2.75, 3.05) is 20.6 Å². The zero-order valence-electron chi connectivity index (χ0n) is 13.8. The molecule has 5 heteroatoms. The third-order valence-corrected chi connectivity index (χ3v) is 4.12. The fourth-order valence-electron chi connectivity index (χ4n) is 2.46. The molecule has 0 saturated carbocycles. The molecule has 1 aromatic carbocycles. The largest absolute Gasteiger partial charge is 0.468 e. The van der Waals surface area contributed by atoms with Gasteiger partial charge in [0.15, 0.2) is 0 Å². The molecule has 0 radical (unpaired) electrons. The van der Waals surface area contributed by atoms with Gasteiger partial charge in [0.1, 0.15) is 5.76 Å². The molecule has 0 aliphatic rings. The van der Waals surface area contributed by atoms with Gasteiger partial charge in [0.25, 0.3) is 0 Å². The predicted molar refractivity (Wildman–Crippen MR) is 92.5 cm³/mol. The molecule has 2 rings (SSSR count). The highest BCUT2D eigenvalue weighted by molar-refractivity contribution is 6.30. The van der Waals surface area contributed by atoms with Crippen molar-refractivity contribution < 1.29 is 9.21 Å². The Bertz CT molecular complexity index is 608. The fourth-order valence-corrected chi connectivity index (χ4v) is 2.58. The van der Waals surface area contributed by atoms with Crippen molar-refractivity contribution >= 4 is 17.5 Å². The van der Waals surface area contributed by atoms with E-state index >= 15 is 0 Å². The van der Waals surface area contributed by atoms with E-state index in [-0.39, 0.29) is 17.9 Å². The predicted octanol–water partition coefficient (Wildman–Crippen LogP) is 3.53. The minimum Gasteiger partial charge on any atom is -0.468 e. The molecule has 1 aromatic heterocycles. The molecule has 23 heavy (non-hydrogen) atoms. The zero-order chi connectivity index (χ0) is 16.8. The molecule has 0 bridgehead atoms. The number of amides is 1. The van der Waals surface area contributed by atoms with E-state index < -0.39 is 0 Å². The molecule has 124 valence electrons. The third-order valence-electron chi connectivity index (χ3n) is 3.87. The van der Waals surface area contributed by atoms with Gasteiger partial charge in [0, 0.05) is 17.5 Å². The van der Waals surface area contributed by atoms with Crippen LogP contribution in [0.2, 0.25) is 5.02 Å². The molecule has 0 aliphatic carbocycles. The Morgan fingerprint density at radius 1 is 1.26 bits per heavy atom. The Labute approximate surface area is 142 Å². The summed E-state index contributed by atoms with van der Waals surface area (Å²) in [6.07, 6.45) is 2.34. The highest BCUT2D eigenvalue weighted by Crippen LogP contribution is 2.18. The Balaban J connectivity index is 1.88. The van der Waals surface area contributed by atoms with E-state index in [1.165, 1.54) is 0 Å². The highest BCUT2D eigenvalue weighted by atomic mass is 35.5. The van der Waals surface area contributed by atoms with Crippen LogP contribution in [0.4, 0.5) is 0 Å². The smallest absolute Gasteiger partial charge is 0.223 e. The Hall–Kier alpha value is -1.78. The summed E-state index contributed by atoms with van der Waals surface area (Å²) in [4.78, 5) is 14.4. The molecule has 0 aliphatic heterocycles. The van der Waals surface area contributed by atoms with E-state index in [1.54, 1.807) is 6.26 Å². The van der Waals surface area contributed by atoms with Crippen molar-refractivity contribution in [1.29, 1.82) is 0 Å². The number of benzene rings is 1. The number of furan rings is 1. The SMILES string of the molecule is CC(Cc1ccc(Cl)cc1)C(=O)NCC(c1ccco1)N(C)C. The molecule has 2 atom stereocenters. The van der Waals surface area contributed by atoms with Crippen molar-refractivity contribution in [2.24, 2.45) is 5.92 Å². The first kappa shape index (κ1) is 17.6. The Morgan fingerprint density at radius 2 is 1.96 bits per heavy atom. The third kappa shape index (κ3) is 5.12. The molecule has 0 fully saturated rings. The molecule has 4 nitrogen and oxygen atoms in total. The van der Waals surface area contributed by atoms with Gasteiger partial charge in [0.05, 0.1) is 12.3 Å². The number of nitrogens with zero attached hydrogens (tertiary/aromatic N) is 1. The van der Waals surface area contributed by atoms with Crippen molar-refractivity contribution in [3.63, 3.8) is 0 Å². The van der Waals surface area contributed by atoms with E-state index in [0.717, 1.165) is 11.3 Å². The van der Waals surface area contributed by atoms with Crippen molar-refractivity contribution in [1.82, 2.24) is 10.2 Å². The maximum absolute atomic E-state index is 12.3. The summed E-state index contributed by atoms with van der Waals surface area (Å²) in [7, 11) is 3.94. The molecular weight excluding hydrogens is 312 g/mol. The number of halogens is 1. The van der Waals surface area contributed by atoms with Crippen LogP contribution in [0.3, 0.4) is 0 Å². The molecule has 1 N–H and O–H groups in total. The molecule has 0 saturated heterocycles. The second-order valence-corrected chi connectivity index (χ2v) is 6.41.